The van der Waals surface area contributed by atoms with Gasteiger partial charge in [-0.25, -0.2) is 0 Å². The highest BCUT2D eigenvalue weighted by molar-refractivity contribution is 5.92. The molecule has 0 radical (unpaired) electrons. The number of nitrogens with one attached hydrogen (secondary N) is 2. The number of halogens is 2. The fourth-order valence-corrected chi connectivity index (χ4v) is 2.99. The molecule has 1 aromatic rings. The molecule has 2 aliphatic rings. The molecule has 2 unspecified atom stereocenters. The highest BCUT2D eigenvalue weighted by Crippen LogP contribution is 2.17. The molecular formula is C15H25Cl2N5O. The van der Waals surface area contributed by atoms with E-state index in [-0.39, 0.29) is 36.8 Å². The summed E-state index contributed by atoms with van der Waals surface area (Å²) in [5, 5.41) is 14.7. The second kappa shape index (κ2) is 9.25. The van der Waals surface area contributed by atoms with E-state index in [0.29, 0.717) is 11.6 Å². The van der Waals surface area contributed by atoms with Crippen LogP contribution in [0.15, 0.2) is 12.1 Å². The Bertz CT molecular complexity index is 493. The van der Waals surface area contributed by atoms with Crippen molar-refractivity contribution in [3.8, 4) is 0 Å². The van der Waals surface area contributed by atoms with Crippen LogP contribution in [-0.2, 0) is 0 Å². The zero-order valence-electron chi connectivity index (χ0n) is 13.3. The van der Waals surface area contributed by atoms with Crippen LogP contribution in [0.2, 0.25) is 0 Å². The SMILES string of the molecule is CC1CCNCC1NC(=O)c1ccc(N2CCCC2)nn1.Cl.Cl. The topological polar surface area (TPSA) is 70.2 Å². The molecule has 2 N–H and O–H groups in total. The molecule has 3 rings (SSSR count). The van der Waals surface area contributed by atoms with E-state index in [4.69, 9.17) is 0 Å². The summed E-state index contributed by atoms with van der Waals surface area (Å²) in [4.78, 5) is 14.4. The highest BCUT2D eigenvalue weighted by atomic mass is 35.5. The van der Waals surface area contributed by atoms with Crippen LogP contribution in [-0.4, -0.2) is 48.3 Å². The number of hydrogen-bond donors (Lipinski definition) is 2. The van der Waals surface area contributed by atoms with Gasteiger partial charge in [0, 0.05) is 25.7 Å². The molecular weight excluding hydrogens is 337 g/mol. The number of carbonyl (C=O) groups excluding carboxylic acids is 1. The Morgan fingerprint density at radius 1 is 1.26 bits per heavy atom. The molecule has 2 saturated heterocycles. The molecule has 1 aromatic heterocycles. The third-order valence-corrected chi connectivity index (χ3v) is 4.46. The van der Waals surface area contributed by atoms with Gasteiger partial charge in [0.2, 0.25) is 0 Å². The fourth-order valence-electron chi connectivity index (χ4n) is 2.99. The van der Waals surface area contributed by atoms with E-state index in [2.05, 4.69) is 32.7 Å². The lowest BCUT2D eigenvalue weighted by Crippen LogP contribution is -2.50. The van der Waals surface area contributed by atoms with E-state index in [1.165, 1.54) is 12.8 Å². The van der Waals surface area contributed by atoms with Gasteiger partial charge in [0.05, 0.1) is 0 Å². The molecule has 0 aromatic carbocycles. The zero-order chi connectivity index (χ0) is 14.7. The Kier molecular flexibility index (Phi) is 8.02. The van der Waals surface area contributed by atoms with Crippen molar-refractivity contribution in [3.63, 3.8) is 0 Å². The van der Waals surface area contributed by atoms with Crippen molar-refractivity contribution < 1.29 is 4.79 Å². The molecule has 1 amide bonds. The number of carbonyl (C=O) groups is 1. The Hall–Kier alpha value is -1.11. The van der Waals surface area contributed by atoms with E-state index in [9.17, 15) is 4.79 Å². The van der Waals surface area contributed by atoms with Gasteiger partial charge < -0.3 is 15.5 Å². The molecule has 2 fully saturated rings. The van der Waals surface area contributed by atoms with Crippen LogP contribution >= 0.6 is 24.8 Å². The molecule has 130 valence electrons. The van der Waals surface area contributed by atoms with Gasteiger partial charge >= 0.3 is 0 Å². The lowest BCUT2D eigenvalue weighted by atomic mass is 9.95. The van der Waals surface area contributed by atoms with Gasteiger partial charge in [0.15, 0.2) is 11.5 Å². The van der Waals surface area contributed by atoms with Gasteiger partial charge in [-0.2, -0.15) is 0 Å². The molecule has 2 aliphatic heterocycles. The highest BCUT2D eigenvalue weighted by Gasteiger charge is 2.24. The molecule has 23 heavy (non-hydrogen) atoms. The largest absolute Gasteiger partial charge is 0.355 e. The minimum atomic E-state index is -0.129. The first kappa shape index (κ1) is 19.9. The van der Waals surface area contributed by atoms with Crippen LogP contribution < -0.4 is 15.5 Å². The van der Waals surface area contributed by atoms with Crippen LogP contribution in [0.3, 0.4) is 0 Å². The van der Waals surface area contributed by atoms with E-state index in [0.717, 1.165) is 38.4 Å². The standard InChI is InChI=1S/C15H23N5O.2ClH/c1-11-6-7-16-10-13(11)17-15(21)12-4-5-14(19-18-12)20-8-2-3-9-20;;/h4-5,11,13,16H,2-3,6-10H2,1H3,(H,17,21);2*1H. The van der Waals surface area contributed by atoms with E-state index >= 15 is 0 Å². The van der Waals surface area contributed by atoms with Crippen LogP contribution in [0.1, 0.15) is 36.7 Å². The summed E-state index contributed by atoms with van der Waals surface area (Å²) in [6, 6.07) is 3.85. The predicted molar refractivity (Wildman–Crippen MR) is 95.9 cm³/mol. The monoisotopic (exact) mass is 361 g/mol. The first-order valence-electron chi connectivity index (χ1n) is 7.84. The van der Waals surface area contributed by atoms with Gasteiger partial charge in [-0.15, -0.1) is 35.0 Å². The van der Waals surface area contributed by atoms with Gasteiger partial charge in [0.25, 0.3) is 5.91 Å². The predicted octanol–water partition coefficient (Wildman–Crippen LogP) is 1.65. The van der Waals surface area contributed by atoms with Gasteiger partial charge in [-0.3, -0.25) is 4.79 Å². The second-order valence-corrected chi connectivity index (χ2v) is 6.02. The van der Waals surface area contributed by atoms with Crippen LogP contribution in [0.4, 0.5) is 5.82 Å². The van der Waals surface area contributed by atoms with Crippen molar-refractivity contribution in [3.05, 3.63) is 17.8 Å². The van der Waals surface area contributed by atoms with Crippen molar-refractivity contribution in [2.45, 2.75) is 32.2 Å². The van der Waals surface area contributed by atoms with Crippen molar-refractivity contribution in [2.24, 2.45) is 5.92 Å². The zero-order valence-corrected chi connectivity index (χ0v) is 15.0. The van der Waals surface area contributed by atoms with E-state index in [1.54, 1.807) is 6.07 Å². The molecule has 8 heteroatoms. The minimum Gasteiger partial charge on any atom is -0.355 e. The maximum absolute atomic E-state index is 12.2. The molecule has 0 aliphatic carbocycles. The maximum Gasteiger partial charge on any atom is 0.272 e. The van der Waals surface area contributed by atoms with Crippen molar-refractivity contribution >= 4 is 36.5 Å². The second-order valence-electron chi connectivity index (χ2n) is 6.02. The minimum absolute atomic E-state index is 0. The Labute approximate surface area is 149 Å². The first-order chi connectivity index (χ1) is 10.2. The number of anilines is 1. The van der Waals surface area contributed by atoms with Crippen LogP contribution in [0.25, 0.3) is 0 Å². The number of amides is 1. The number of aromatic nitrogens is 2. The number of piperidine rings is 1. The van der Waals surface area contributed by atoms with Gasteiger partial charge in [-0.05, 0) is 43.9 Å². The average Bonchev–Trinajstić information content (AvgIpc) is 3.04. The fraction of sp³-hybridized carbons (Fsp3) is 0.667. The van der Waals surface area contributed by atoms with Gasteiger partial charge in [-0.1, -0.05) is 6.92 Å². The normalized spacial score (nSPS) is 23.6. The summed E-state index contributed by atoms with van der Waals surface area (Å²) in [5.41, 5.74) is 0.399. The Morgan fingerprint density at radius 3 is 2.61 bits per heavy atom. The third kappa shape index (κ3) is 4.93. The molecule has 2 atom stereocenters. The smallest absolute Gasteiger partial charge is 0.272 e. The summed E-state index contributed by atoms with van der Waals surface area (Å²) in [5.74, 6) is 1.24. The summed E-state index contributed by atoms with van der Waals surface area (Å²) in [7, 11) is 0. The lowest BCUT2D eigenvalue weighted by Gasteiger charge is -2.30. The van der Waals surface area contributed by atoms with Crippen molar-refractivity contribution in [1.82, 2.24) is 20.8 Å². The molecule has 6 nitrogen and oxygen atoms in total. The lowest BCUT2D eigenvalue weighted by molar-refractivity contribution is 0.0909. The van der Waals surface area contributed by atoms with E-state index < -0.39 is 0 Å². The molecule has 0 bridgehead atoms. The van der Waals surface area contributed by atoms with Crippen molar-refractivity contribution in [2.75, 3.05) is 31.1 Å². The van der Waals surface area contributed by atoms with Gasteiger partial charge in [0.1, 0.15) is 0 Å². The molecule has 3 heterocycles. The van der Waals surface area contributed by atoms with Crippen LogP contribution in [0, 0.1) is 5.92 Å². The number of nitrogens with zero attached hydrogens (tertiary/aromatic N) is 3. The molecule has 0 saturated carbocycles. The van der Waals surface area contributed by atoms with Crippen LogP contribution in [0.5, 0.6) is 0 Å². The maximum atomic E-state index is 12.2. The quantitative estimate of drug-likeness (QED) is 0.856. The number of hydrogen-bond acceptors (Lipinski definition) is 5. The summed E-state index contributed by atoms with van der Waals surface area (Å²) in [6.45, 7) is 6.09. The van der Waals surface area contributed by atoms with E-state index in [1.807, 2.05) is 6.07 Å². The molecule has 0 spiro atoms. The third-order valence-electron chi connectivity index (χ3n) is 4.46. The summed E-state index contributed by atoms with van der Waals surface area (Å²) in [6.07, 6.45) is 3.50. The first-order valence-corrected chi connectivity index (χ1v) is 7.84. The Balaban J connectivity index is 0.00000132. The Morgan fingerprint density at radius 2 is 2.00 bits per heavy atom. The average molecular weight is 362 g/mol. The van der Waals surface area contributed by atoms with Crippen molar-refractivity contribution in [1.29, 1.82) is 0 Å². The summed E-state index contributed by atoms with van der Waals surface area (Å²) >= 11 is 0. The number of rotatable bonds is 3. The summed E-state index contributed by atoms with van der Waals surface area (Å²) < 4.78 is 0.